The summed E-state index contributed by atoms with van der Waals surface area (Å²) < 4.78 is 7.05. The van der Waals surface area contributed by atoms with E-state index in [-0.39, 0.29) is 59.7 Å². The Morgan fingerprint density at radius 3 is 2.35 bits per heavy atom. The van der Waals surface area contributed by atoms with Gasteiger partial charge in [-0.1, -0.05) is 39.8 Å². The second-order valence-corrected chi connectivity index (χ2v) is 18.6. The molecule has 9 heteroatoms. The summed E-state index contributed by atoms with van der Waals surface area (Å²) in [6.45, 7) is 10.0. The van der Waals surface area contributed by atoms with Crippen LogP contribution < -0.4 is 0 Å². The first kappa shape index (κ1) is 32.6. The van der Waals surface area contributed by atoms with Gasteiger partial charge in [0.15, 0.2) is 5.78 Å². The summed E-state index contributed by atoms with van der Waals surface area (Å²) in [5.74, 6) is -3.25. The predicted octanol–water partition coefficient (Wildman–Crippen LogP) is 3.79. The van der Waals surface area contributed by atoms with Crippen molar-refractivity contribution in [2.24, 2.45) is 45.8 Å². The van der Waals surface area contributed by atoms with Crippen molar-refractivity contribution in [3.63, 3.8) is 0 Å². The first-order valence-corrected chi connectivity index (χ1v) is 18.5. The lowest BCUT2D eigenvalue weighted by atomic mass is 9.41. The lowest BCUT2D eigenvalue weighted by Crippen LogP contribution is -2.69. The molecule has 49 heavy (non-hydrogen) atoms. The highest BCUT2D eigenvalue weighted by Gasteiger charge is 2.81. The maximum Gasteiger partial charge on any atom is 0.160 e. The Balaban J connectivity index is 1.14. The van der Waals surface area contributed by atoms with Crippen molar-refractivity contribution in [1.82, 2.24) is 0 Å². The zero-order valence-corrected chi connectivity index (χ0v) is 29.2. The van der Waals surface area contributed by atoms with Gasteiger partial charge in [-0.25, -0.2) is 0 Å². The standard InChI is InChI=1S/C40H52O9/c1-19-33(45)40(20-6-10-34(19,2)11-7-20)37(5,46)32-28(49-40)17-39(48)25-16-27(43)31-30-23-14-21(41)15-26(42)22(23)8-13-38(30,47)29(44)18-35(31,3)24(25)9-12-36(32,39)4/h6,10,14-16,19-20,24,28-33,41-42,44-48H,7-9,11-13,17-18H2,1-5H3/t19-,20-,24+,28+,29+,30-,31-,32+,33+,34+,35-,36-,37-,38+,39-,40+/m1/s1. The summed E-state index contributed by atoms with van der Waals surface area (Å²) in [7, 11) is 0. The summed E-state index contributed by atoms with van der Waals surface area (Å²) in [6, 6.07) is 2.78. The fraction of sp³-hybridized carbons (Fsp3) is 0.725. The molecular formula is C40H52O9. The largest absolute Gasteiger partial charge is 0.508 e. The van der Waals surface area contributed by atoms with E-state index in [0.717, 1.165) is 12.8 Å². The van der Waals surface area contributed by atoms with Crippen molar-refractivity contribution in [3.05, 3.63) is 47.1 Å². The smallest absolute Gasteiger partial charge is 0.160 e. The Bertz CT molecular complexity index is 1730. The Morgan fingerprint density at radius 2 is 1.65 bits per heavy atom. The molecule has 2 bridgehead atoms. The average molecular weight is 677 g/mol. The minimum absolute atomic E-state index is 0.0886. The molecule has 1 aromatic carbocycles. The minimum atomic E-state index is -1.62. The normalized spacial score (nSPS) is 56.7. The molecule has 9 aliphatic rings. The number of phenolic OH excluding ortho intramolecular Hbond substituents is 2. The second-order valence-electron chi connectivity index (χ2n) is 18.6. The van der Waals surface area contributed by atoms with Crippen molar-refractivity contribution >= 4 is 5.78 Å². The molecule has 1 heterocycles. The number of ether oxygens (including phenoxy) is 1. The van der Waals surface area contributed by atoms with Crippen molar-refractivity contribution < 1.29 is 45.3 Å². The molecular weight excluding hydrogens is 624 g/mol. The Labute approximate surface area is 287 Å². The maximum atomic E-state index is 14.6. The van der Waals surface area contributed by atoms with Crippen LogP contribution in [0.5, 0.6) is 11.5 Å². The number of carbonyl (C=O) groups excluding carboxylic acids is 1. The lowest BCUT2D eigenvalue weighted by Gasteiger charge is -2.64. The number of rotatable bonds is 0. The highest BCUT2D eigenvalue weighted by atomic mass is 16.6. The van der Waals surface area contributed by atoms with Gasteiger partial charge in [-0.15, -0.1) is 0 Å². The molecule has 1 aromatic rings. The molecule has 10 rings (SSSR count). The first-order chi connectivity index (χ1) is 22.8. The molecule has 9 nitrogen and oxygen atoms in total. The Morgan fingerprint density at radius 1 is 0.918 bits per heavy atom. The van der Waals surface area contributed by atoms with E-state index in [4.69, 9.17) is 4.74 Å². The van der Waals surface area contributed by atoms with E-state index in [2.05, 4.69) is 19.1 Å². The third kappa shape index (κ3) is 3.47. The van der Waals surface area contributed by atoms with Crippen LogP contribution in [0.25, 0.3) is 0 Å². The second kappa shape index (κ2) is 9.39. The Kier molecular flexibility index (Phi) is 6.25. The minimum Gasteiger partial charge on any atom is -0.508 e. The predicted molar refractivity (Wildman–Crippen MR) is 178 cm³/mol. The van der Waals surface area contributed by atoms with E-state index >= 15 is 0 Å². The van der Waals surface area contributed by atoms with E-state index in [1.54, 1.807) is 13.0 Å². The molecule has 266 valence electrons. The molecule has 8 aliphatic carbocycles. The number of benzene rings is 1. The average Bonchev–Trinajstić information content (AvgIpc) is 3.35. The molecule has 1 aliphatic heterocycles. The number of aromatic hydroxyl groups is 2. The van der Waals surface area contributed by atoms with Crippen LogP contribution in [-0.4, -0.2) is 82.2 Å². The fourth-order valence-electron chi connectivity index (χ4n) is 14.1. The molecule has 0 radical (unpaired) electrons. The van der Waals surface area contributed by atoms with Gasteiger partial charge in [-0.05, 0) is 103 Å². The molecule has 16 atom stereocenters. The number of phenols is 2. The van der Waals surface area contributed by atoms with Gasteiger partial charge in [0.05, 0.1) is 35.1 Å². The van der Waals surface area contributed by atoms with Gasteiger partial charge in [-0.2, -0.15) is 0 Å². The molecule has 7 N–H and O–H groups in total. The number of aliphatic hydroxyl groups is 5. The molecule has 1 saturated heterocycles. The summed E-state index contributed by atoms with van der Waals surface area (Å²) in [5.41, 5.74) is -6.07. The van der Waals surface area contributed by atoms with Gasteiger partial charge in [-0.3, -0.25) is 4.79 Å². The van der Waals surface area contributed by atoms with Gasteiger partial charge >= 0.3 is 0 Å². The summed E-state index contributed by atoms with van der Waals surface area (Å²) in [4.78, 5) is 14.6. The third-order valence-corrected chi connectivity index (χ3v) is 16.8. The monoisotopic (exact) mass is 676 g/mol. The Hall–Kier alpha value is -2.27. The van der Waals surface area contributed by atoms with Crippen LogP contribution in [0.2, 0.25) is 0 Å². The summed E-state index contributed by atoms with van der Waals surface area (Å²) in [6.07, 6.45) is 6.92. The number of aliphatic hydroxyl groups excluding tert-OH is 2. The van der Waals surface area contributed by atoms with Crippen LogP contribution in [0.4, 0.5) is 0 Å². The fourth-order valence-corrected chi connectivity index (χ4v) is 14.1. The summed E-state index contributed by atoms with van der Waals surface area (Å²) in [5, 5.41) is 83.2. The number of carbonyl (C=O) groups is 1. The number of allylic oxidation sites excluding steroid dienone is 2. The van der Waals surface area contributed by atoms with Crippen LogP contribution in [-0.2, 0) is 16.0 Å². The number of fused-ring (bicyclic) bond motifs is 13. The lowest BCUT2D eigenvalue weighted by molar-refractivity contribution is -0.236. The van der Waals surface area contributed by atoms with Gasteiger partial charge in [0.1, 0.15) is 17.1 Å². The number of hydrogen-bond acceptors (Lipinski definition) is 9. The van der Waals surface area contributed by atoms with Crippen LogP contribution in [0.1, 0.15) is 96.6 Å². The highest BCUT2D eigenvalue weighted by molar-refractivity contribution is 5.96. The van der Waals surface area contributed by atoms with Gasteiger partial charge in [0.2, 0.25) is 0 Å². The molecule has 1 spiro atoms. The van der Waals surface area contributed by atoms with Gasteiger partial charge in [0.25, 0.3) is 0 Å². The molecule has 5 fully saturated rings. The van der Waals surface area contributed by atoms with E-state index in [1.165, 1.54) is 12.1 Å². The van der Waals surface area contributed by atoms with Gasteiger partial charge < -0.3 is 40.5 Å². The van der Waals surface area contributed by atoms with Crippen LogP contribution in [0, 0.1) is 45.8 Å². The van der Waals surface area contributed by atoms with Crippen molar-refractivity contribution in [1.29, 1.82) is 0 Å². The zero-order valence-electron chi connectivity index (χ0n) is 29.2. The quantitative estimate of drug-likeness (QED) is 0.202. The topological polar surface area (TPSA) is 168 Å². The SMILES string of the molecule is C[C@@H]1[C@H](O)[C@@]2(O[C@H]3C[C@@]4(O)C5=CC(=O)[C@@H]6[C@H]7c8cc(O)cc(O)c8CC[C@]7(O)[C@@H](O)C[C@]6(C)[C@H]5CC[C@]4(C)[C@H]3[C@@]2(C)O)[C@@H]2C=C[C@@]1(C)CC2. The van der Waals surface area contributed by atoms with Crippen LogP contribution >= 0.6 is 0 Å². The van der Waals surface area contributed by atoms with Crippen molar-refractivity contribution in [3.8, 4) is 11.5 Å². The van der Waals surface area contributed by atoms with Gasteiger partial charge in [0, 0.05) is 41.6 Å². The molecule has 0 amide bonds. The van der Waals surface area contributed by atoms with E-state index in [9.17, 15) is 40.5 Å². The van der Waals surface area contributed by atoms with E-state index < -0.39 is 69.3 Å². The number of ketones is 1. The molecule has 4 saturated carbocycles. The molecule has 0 aromatic heterocycles. The van der Waals surface area contributed by atoms with Crippen molar-refractivity contribution in [2.75, 3.05) is 0 Å². The maximum absolute atomic E-state index is 14.6. The van der Waals surface area contributed by atoms with E-state index in [0.29, 0.717) is 36.0 Å². The third-order valence-electron chi connectivity index (χ3n) is 16.8. The van der Waals surface area contributed by atoms with Crippen LogP contribution in [0.15, 0.2) is 35.9 Å². The summed E-state index contributed by atoms with van der Waals surface area (Å²) >= 11 is 0. The van der Waals surface area contributed by atoms with Crippen LogP contribution in [0.3, 0.4) is 0 Å². The molecule has 0 unspecified atom stereocenters. The first-order valence-electron chi connectivity index (χ1n) is 18.5. The van der Waals surface area contributed by atoms with E-state index in [1.807, 2.05) is 20.8 Å². The van der Waals surface area contributed by atoms with Crippen molar-refractivity contribution in [2.45, 2.75) is 133 Å². The highest BCUT2D eigenvalue weighted by Crippen LogP contribution is 2.75. The zero-order chi connectivity index (χ0) is 35.1. The number of hydrogen-bond donors (Lipinski definition) is 7.